The van der Waals surface area contributed by atoms with Gasteiger partial charge in [0, 0.05) is 23.5 Å². The Morgan fingerprint density at radius 3 is 2.58 bits per heavy atom. The van der Waals surface area contributed by atoms with Crippen LogP contribution in [-0.2, 0) is 19.1 Å². The number of thioether (sulfide) groups is 1. The number of hydrogen-bond donors (Lipinski definition) is 1. The molecule has 3 aliphatic rings. The lowest BCUT2D eigenvalue weighted by molar-refractivity contribution is -0.155. The molecule has 0 radical (unpaired) electrons. The lowest BCUT2D eigenvalue weighted by Gasteiger charge is -2.37. The van der Waals surface area contributed by atoms with E-state index in [9.17, 15) is 19.5 Å². The minimum atomic E-state index is -0.814. The van der Waals surface area contributed by atoms with E-state index < -0.39 is 27.4 Å². The van der Waals surface area contributed by atoms with Gasteiger partial charge in [-0.25, -0.2) is 0 Å². The highest BCUT2D eigenvalue weighted by molar-refractivity contribution is 8.02. The summed E-state index contributed by atoms with van der Waals surface area (Å²) in [5.74, 6) is -1.51. The predicted molar refractivity (Wildman–Crippen MR) is 148 cm³/mol. The first-order valence-electron chi connectivity index (χ1n) is 13.2. The number of carbonyl (C=O) groups is 3. The number of aliphatic hydroxyl groups is 1. The van der Waals surface area contributed by atoms with Crippen LogP contribution in [0.15, 0.2) is 49.6 Å². The Balaban J connectivity index is 1.66. The van der Waals surface area contributed by atoms with Crippen molar-refractivity contribution in [1.82, 2.24) is 4.90 Å². The number of fused-ring (bicyclic) bond motifs is 1. The Kier molecular flexibility index (Phi) is 8.57. The van der Waals surface area contributed by atoms with E-state index >= 15 is 0 Å². The van der Waals surface area contributed by atoms with Crippen molar-refractivity contribution in [2.24, 2.45) is 11.8 Å². The maximum atomic E-state index is 14.3. The van der Waals surface area contributed by atoms with Crippen LogP contribution in [0, 0.1) is 11.8 Å². The molecular weight excluding hydrogens is 504 g/mol. The standard InChI is InChI=1S/C29H38N2O6S/c1-5-7-8-9-19-37-27(35)23-22-25(33)31(17-18-32)24(29(22)15-14-28(23,3)38-29)26(34)30(16-6-2)20-10-12-21(36-4)13-11-20/h5-6,10-13,22-24,32H,1-2,7-9,14-19H2,3-4H3/t22-,23+,24?,28-,29?/m0/s1. The fourth-order valence-corrected chi connectivity index (χ4v) is 8.77. The zero-order chi connectivity index (χ0) is 27.5. The largest absolute Gasteiger partial charge is 0.497 e. The van der Waals surface area contributed by atoms with Crippen LogP contribution < -0.4 is 9.64 Å². The van der Waals surface area contributed by atoms with Gasteiger partial charge in [-0.1, -0.05) is 12.2 Å². The average molecular weight is 543 g/mol. The molecule has 2 amide bonds. The number of benzene rings is 1. The van der Waals surface area contributed by atoms with Crippen LogP contribution >= 0.6 is 11.8 Å². The van der Waals surface area contributed by atoms with Crippen molar-refractivity contribution in [3.05, 3.63) is 49.6 Å². The van der Waals surface area contributed by atoms with Crippen molar-refractivity contribution in [2.75, 3.05) is 38.3 Å². The number of aliphatic hydroxyl groups excluding tert-OH is 1. The van der Waals surface area contributed by atoms with Crippen LogP contribution in [0.3, 0.4) is 0 Å². The zero-order valence-corrected chi connectivity index (χ0v) is 23.1. The molecule has 3 saturated heterocycles. The highest BCUT2D eigenvalue weighted by atomic mass is 32.2. The molecule has 9 heteroatoms. The first kappa shape index (κ1) is 28.2. The van der Waals surface area contributed by atoms with Gasteiger partial charge in [-0.3, -0.25) is 14.4 Å². The molecule has 1 N–H and O–H groups in total. The van der Waals surface area contributed by atoms with E-state index in [0.29, 0.717) is 30.9 Å². The van der Waals surface area contributed by atoms with Crippen LogP contribution in [0.5, 0.6) is 5.75 Å². The molecule has 3 heterocycles. The molecule has 206 valence electrons. The molecule has 1 aromatic carbocycles. The van der Waals surface area contributed by atoms with Crippen LogP contribution in [-0.4, -0.2) is 76.7 Å². The number of ether oxygens (including phenoxy) is 2. The van der Waals surface area contributed by atoms with Gasteiger partial charge in [0.25, 0.3) is 5.91 Å². The number of amides is 2. The van der Waals surface area contributed by atoms with E-state index in [-0.39, 0.29) is 37.5 Å². The fraction of sp³-hybridized carbons (Fsp3) is 0.552. The molecule has 3 fully saturated rings. The third kappa shape index (κ3) is 4.75. The third-order valence-corrected chi connectivity index (χ3v) is 10.1. The molecule has 2 bridgehead atoms. The van der Waals surface area contributed by atoms with E-state index in [1.165, 1.54) is 4.90 Å². The van der Waals surface area contributed by atoms with Crippen molar-refractivity contribution in [3.8, 4) is 5.75 Å². The Morgan fingerprint density at radius 1 is 1.21 bits per heavy atom. The molecule has 38 heavy (non-hydrogen) atoms. The summed E-state index contributed by atoms with van der Waals surface area (Å²) in [6.45, 7) is 9.87. The number of allylic oxidation sites excluding steroid dienone is 1. The van der Waals surface area contributed by atoms with Crippen molar-refractivity contribution in [1.29, 1.82) is 0 Å². The Labute approximate surface area is 229 Å². The number of rotatable bonds is 13. The molecule has 8 nitrogen and oxygen atoms in total. The predicted octanol–water partition coefficient (Wildman–Crippen LogP) is 3.59. The second-order valence-corrected chi connectivity index (χ2v) is 12.3. The first-order valence-corrected chi connectivity index (χ1v) is 14.0. The number of methoxy groups -OCH3 is 1. The van der Waals surface area contributed by atoms with Gasteiger partial charge in [-0.15, -0.1) is 24.9 Å². The van der Waals surface area contributed by atoms with Crippen LogP contribution in [0.1, 0.15) is 39.0 Å². The number of hydrogen-bond acceptors (Lipinski definition) is 7. The molecule has 0 aromatic heterocycles. The average Bonchev–Trinajstić information content (AvgIpc) is 3.48. The summed E-state index contributed by atoms with van der Waals surface area (Å²) >= 11 is 1.59. The van der Waals surface area contributed by atoms with Crippen LogP contribution in [0.4, 0.5) is 5.69 Å². The molecule has 1 spiro atoms. The van der Waals surface area contributed by atoms with Crippen LogP contribution in [0.2, 0.25) is 0 Å². The summed E-state index contributed by atoms with van der Waals surface area (Å²) in [5.41, 5.74) is 0.659. The lowest BCUT2D eigenvalue weighted by Crippen LogP contribution is -2.55. The maximum Gasteiger partial charge on any atom is 0.311 e. The number of unbranched alkanes of at least 4 members (excludes halogenated alkanes) is 2. The molecule has 1 aromatic rings. The molecule has 5 atom stereocenters. The second-order valence-electron chi connectivity index (χ2n) is 10.4. The van der Waals surface area contributed by atoms with E-state index in [2.05, 4.69) is 13.2 Å². The molecule has 0 aliphatic carbocycles. The van der Waals surface area contributed by atoms with Crippen molar-refractivity contribution < 1.29 is 29.0 Å². The molecular formula is C29H38N2O6S. The highest BCUT2D eigenvalue weighted by Crippen LogP contribution is 2.71. The van der Waals surface area contributed by atoms with E-state index in [1.807, 2.05) is 13.0 Å². The summed E-state index contributed by atoms with van der Waals surface area (Å²) in [7, 11) is 1.58. The monoisotopic (exact) mass is 542 g/mol. The molecule has 2 unspecified atom stereocenters. The normalized spacial score (nSPS) is 29.2. The maximum absolute atomic E-state index is 14.3. The summed E-state index contributed by atoms with van der Waals surface area (Å²) in [5, 5.41) is 9.85. The van der Waals surface area contributed by atoms with Crippen LogP contribution in [0.25, 0.3) is 0 Å². The topological polar surface area (TPSA) is 96.4 Å². The molecule has 4 rings (SSSR count). The lowest BCUT2D eigenvalue weighted by atomic mass is 9.66. The second kappa shape index (κ2) is 11.5. The smallest absolute Gasteiger partial charge is 0.311 e. The van der Waals surface area contributed by atoms with Gasteiger partial charge < -0.3 is 24.4 Å². The van der Waals surface area contributed by atoms with Crippen molar-refractivity contribution in [3.63, 3.8) is 0 Å². The first-order chi connectivity index (χ1) is 18.3. The number of carbonyl (C=O) groups excluding carboxylic acids is 3. The SMILES string of the molecule is C=CCCCCOC(=O)[C@H]1[C@H]2C(=O)N(CCO)C(C(=O)N(CC=C)c3ccc(OC)cc3)C23CC[C@]1(C)S3. The van der Waals surface area contributed by atoms with Gasteiger partial charge in [0.05, 0.1) is 36.9 Å². The summed E-state index contributed by atoms with van der Waals surface area (Å²) < 4.78 is 9.69. The van der Waals surface area contributed by atoms with Gasteiger partial charge >= 0.3 is 5.97 Å². The zero-order valence-electron chi connectivity index (χ0n) is 22.3. The number of nitrogens with zero attached hydrogens (tertiary/aromatic N) is 2. The minimum absolute atomic E-state index is 0.0264. The van der Waals surface area contributed by atoms with Gasteiger partial charge in [0.2, 0.25) is 5.91 Å². The van der Waals surface area contributed by atoms with Gasteiger partial charge in [-0.2, -0.15) is 0 Å². The number of anilines is 1. The van der Waals surface area contributed by atoms with Gasteiger partial charge in [0.15, 0.2) is 0 Å². The number of likely N-dealkylation sites (tertiary alicyclic amines) is 1. The number of esters is 1. The Hall–Kier alpha value is -2.78. The number of β-amino-alcohol motifs (C(OH)–C–C–N with tert-alkyl or cyclic N) is 1. The van der Waals surface area contributed by atoms with Crippen molar-refractivity contribution in [2.45, 2.75) is 54.6 Å². The van der Waals surface area contributed by atoms with E-state index in [4.69, 9.17) is 9.47 Å². The quantitative estimate of drug-likeness (QED) is 0.231. The van der Waals surface area contributed by atoms with Gasteiger partial charge in [-0.05, 0) is 63.3 Å². The highest BCUT2D eigenvalue weighted by Gasteiger charge is 2.77. The third-order valence-electron chi connectivity index (χ3n) is 8.11. The fourth-order valence-electron chi connectivity index (χ4n) is 6.43. The Bertz CT molecular complexity index is 1080. The molecule has 3 aliphatic heterocycles. The molecule has 0 saturated carbocycles. The van der Waals surface area contributed by atoms with E-state index in [1.54, 1.807) is 54.1 Å². The summed E-state index contributed by atoms with van der Waals surface area (Å²) in [6, 6.07) is 6.35. The summed E-state index contributed by atoms with van der Waals surface area (Å²) in [4.78, 5) is 44.8. The van der Waals surface area contributed by atoms with E-state index in [0.717, 1.165) is 19.3 Å². The van der Waals surface area contributed by atoms with Gasteiger partial charge in [0.1, 0.15) is 11.8 Å². The summed E-state index contributed by atoms with van der Waals surface area (Å²) in [6.07, 6.45) is 7.30. The minimum Gasteiger partial charge on any atom is -0.497 e. The van der Waals surface area contributed by atoms with Crippen molar-refractivity contribution >= 4 is 35.2 Å². The Morgan fingerprint density at radius 2 is 1.95 bits per heavy atom.